The fraction of sp³-hybridized carbons (Fsp3) is 0. The number of rotatable bonds is 2. The first kappa shape index (κ1) is 13.3. The monoisotopic (exact) mass is 303 g/mol. The van der Waals surface area contributed by atoms with Crippen LogP contribution in [0.3, 0.4) is 0 Å². The molecule has 0 atom stereocenters. The molecule has 1 aromatic heterocycles. The van der Waals surface area contributed by atoms with Gasteiger partial charge in [0.15, 0.2) is 11.5 Å². The summed E-state index contributed by atoms with van der Waals surface area (Å²) >= 11 is 6.08. The summed E-state index contributed by atoms with van der Waals surface area (Å²) < 4.78 is 5.17. The van der Waals surface area contributed by atoms with Crippen molar-refractivity contribution in [1.82, 2.24) is 10.1 Å². The smallest absolute Gasteiger partial charge is 0.259 e. The van der Waals surface area contributed by atoms with Gasteiger partial charge in [0.05, 0.1) is 10.6 Å². The molecule has 3 aromatic rings. The SMILES string of the molecule is Nc1ccc(Cl)c(-c2nc(-c3ccc(O)c(O)c3)no2)c1. The molecule has 106 valence electrons. The maximum Gasteiger partial charge on any atom is 0.259 e. The zero-order chi connectivity index (χ0) is 15.0. The van der Waals surface area contributed by atoms with Crippen LogP contribution in [-0.2, 0) is 0 Å². The van der Waals surface area contributed by atoms with Gasteiger partial charge >= 0.3 is 0 Å². The highest BCUT2D eigenvalue weighted by atomic mass is 35.5. The van der Waals surface area contributed by atoms with Crippen LogP contribution < -0.4 is 5.73 Å². The third kappa shape index (κ3) is 2.48. The Morgan fingerprint density at radius 2 is 1.86 bits per heavy atom. The number of halogens is 1. The Labute approximate surface area is 124 Å². The van der Waals surface area contributed by atoms with Crippen LogP contribution in [0.15, 0.2) is 40.9 Å². The van der Waals surface area contributed by atoms with Crippen LogP contribution in [0.5, 0.6) is 11.5 Å². The molecular weight excluding hydrogens is 294 g/mol. The molecule has 0 spiro atoms. The minimum absolute atomic E-state index is 0.217. The van der Waals surface area contributed by atoms with E-state index in [0.717, 1.165) is 0 Å². The van der Waals surface area contributed by atoms with E-state index in [4.69, 9.17) is 21.9 Å². The summed E-state index contributed by atoms with van der Waals surface area (Å²) in [6.45, 7) is 0. The van der Waals surface area contributed by atoms with Crippen molar-refractivity contribution < 1.29 is 14.7 Å². The Morgan fingerprint density at radius 1 is 1.05 bits per heavy atom. The van der Waals surface area contributed by atoms with Crippen LogP contribution in [0.2, 0.25) is 5.02 Å². The first-order valence-corrected chi connectivity index (χ1v) is 6.34. The Bertz CT molecular complexity index is 817. The van der Waals surface area contributed by atoms with Crippen LogP contribution in [0, 0.1) is 0 Å². The van der Waals surface area contributed by atoms with Crippen LogP contribution >= 0.6 is 11.6 Å². The van der Waals surface area contributed by atoms with E-state index in [-0.39, 0.29) is 23.2 Å². The third-order valence-electron chi connectivity index (χ3n) is 2.88. The summed E-state index contributed by atoms with van der Waals surface area (Å²) in [7, 11) is 0. The summed E-state index contributed by atoms with van der Waals surface area (Å²) in [6, 6.07) is 9.18. The number of phenolic OH excluding ortho intramolecular Hbond substituents is 2. The summed E-state index contributed by atoms with van der Waals surface area (Å²) in [5.41, 5.74) is 7.26. The predicted molar refractivity (Wildman–Crippen MR) is 77.9 cm³/mol. The van der Waals surface area contributed by atoms with E-state index < -0.39 is 0 Å². The second-order valence-corrected chi connectivity index (χ2v) is 4.77. The number of aromatic hydroxyl groups is 2. The number of hydrogen-bond acceptors (Lipinski definition) is 6. The number of benzene rings is 2. The maximum absolute atomic E-state index is 9.49. The van der Waals surface area contributed by atoms with Crippen molar-refractivity contribution in [3.05, 3.63) is 41.4 Å². The van der Waals surface area contributed by atoms with Gasteiger partial charge in [0, 0.05) is 11.3 Å². The van der Waals surface area contributed by atoms with E-state index in [2.05, 4.69) is 10.1 Å². The predicted octanol–water partition coefficient (Wildman–Crippen LogP) is 3.05. The summed E-state index contributed by atoms with van der Waals surface area (Å²) in [6.07, 6.45) is 0. The van der Waals surface area contributed by atoms with Gasteiger partial charge in [-0.2, -0.15) is 4.98 Å². The van der Waals surface area contributed by atoms with Gasteiger partial charge in [0.1, 0.15) is 0 Å². The minimum atomic E-state index is -0.263. The fourth-order valence-electron chi connectivity index (χ4n) is 1.82. The molecule has 6 nitrogen and oxygen atoms in total. The average molecular weight is 304 g/mol. The van der Waals surface area contributed by atoms with Gasteiger partial charge < -0.3 is 20.5 Å². The highest BCUT2D eigenvalue weighted by Gasteiger charge is 2.14. The van der Waals surface area contributed by atoms with Crippen LogP contribution in [0.4, 0.5) is 5.69 Å². The zero-order valence-corrected chi connectivity index (χ0v) is 11.4. The molecule has 0 radical (unpaired) electrons. The van der Waals surface area contributed by atoms with E-state index in [1.807, 2.05) is 0 Å². The number of aromatic nitrogens is 2. The van der Waals surface area contributed by atoms with Crippen molar-refractivity contribution in [2.75, 3.05) is 5.73 Å². The lowest BCUT2D eigenvalue weighted by Crippen LogP contribution is -1.87. The highest BCUT2D eigenvalue weighted by Crippen LogP contribution is 2.32. The molecule has 0 fully saturated rings. The number of nitrogen functional groups attached to an aromatic ring is 1. The topological polar surface area (TPSA) is 105 Å². The van der Waals surface area contributed by atoms with Crippen molar-refractivity contribution in [2.45, 2.75) is 0 Å². The van der Waals surface area contributed by atoms with Crippen LogP contribution in [-0.4, -0.2) is 20.4 Å². The van der Waals surface area contributed by atoms with Crippen LogP contribution in [0.25, 0.3) is 22.8 Å². The molecule has 0 saturated heterocycles. The van der Waals surface area contributed by atoms with Crippen LogP contribution in [0.1, 0.15) is 0 Å². The lowest BCUT2D eigenvalue weighted by atomic mass is 10.2. The fourth-order valence-corrected chi connectivity index (χ4v) is 2.02. The molecule has 3 rings (SSSR count). The van der Waals surface area contributed by atoms with Gasteiger partial charge in [-0.05, 0) is 36.4 Å². The van der Waals surface area contributed by atoms with E-state index in [1.54, 1.807) is 24.3 Å². The number of nitrogens with two attached hydrogens (primary N) is 1. The van der Waals surface area contributed by atoms with Crippen molar-refractivity contribution in [3.63, 3.8) is 0 Å². The Hall–Kier alpha value is -2.73. The number of anilines is 1. The second-order valence-electron chi connectivity index (χ2n) is 4.37. The number of nitrogens with zero attached hydrogens (tertiary/aromatic N) is 2. The number of hydrogen-bond donors (Lipinski definition) is 3. The van der Waals surface area contributed by atoms with Gasteiger partial charge in [-0.25, -0.2) is 0 Å². The van der Waals surface area contributed by atoms with E-state index >= 15 is 0 Å². The summed E-state index contributed by atoms with van der Waals surface area (Å²) in [4.78, 5) is 4.21. The Kier molecular flexibility index (Phi) is 3.15. The van der Waals surface area contributed by atoms with Gasteiger partial charge in [-0.15, -0.1) is 0 Å². The van der Waals surface area contributed by atoms with Gasteiger partial charge in [-0.1, -0.05) is 16.8 Å². The van der Waals surface area contributed by atoms with E-state index in [1.165, 1.54) is 12.1 Å². The van der Waals surface area contributed by atoms with Crippen molar-refractivity contribution in [3.8, 4) is 34.3 Å². The normalized spacial score (nSPS) is 10.7. The Morgan fingerprint density at radius 3 is 2.62 bits per heavy atom. The highest BCUT2D eigenvalue weighted by molar-refractivity contribution is 6.33. The van der Waals surface area contributed by atoms with E-state index in [0.29, 0.717) is 21.8 Å². The summed E-state index contributed by atoms with van der Waals surface area (Å²) in [5.74, 6) is -0.00385. The third-order valence-corrected chi connectivity index (χ3v) is 3.21. The van der Waals surface area contributed by atoms with Crippen molar-refractivity contribution in [1.29, 1.82) is 0 Å². The largest absolute Gasteiger partial charge is 0.504 e. The lowest BCUT2D eigenvalue weighted by molar-refractivity contribution is 0.404. The summed E-state index contributed by atoms with van der Waals surface area (Å²) in [5, 5.41) is 23.1. The molecule has 0 aliphatic heterocycles. The molecule has 1 heterocycles. The molecule has 7 heteroatoms. The van der Waals surface area contributed by atoms with Gasteiger partial charge in [0.25, 0.3) is 5.89 Å². The molecule has 0 amide bonds. The molecule has 2 aromatic carbocycles. The first-order valence-electron chi connectivity index (χ1n) is 5.96. The molecule has 21 heavy (non-hydrogen) atoms. The lowest BCUT2D eigenvalue weighted by Gasteiger charge is -2.00. The molecular formula is C14H10ClN3O3. The molecule has 0 aliphatic carbocycles. The second kappa shape index (κ2) is 4.99. The molecule has 0 bridgehead atoms. The number of phenols is 2. The molecule has 0 aliphatic rings. The first-order chi connectivity index (χ1) is 10.0. The quantitative estimate of drug-likeness (QED) is 0.496. The molecule has 0 saturated carbocycles. The molecule has 0 unspecified atom stereocenters. The van der Waals surface area contributed by atoms with E-state index in [9.17, 15) is 10.2 Å². The zero-order valence-electron chi connectivity index (χ0n) is 10.6. The van der Waals surface area contributed by atoms with Crippen molar-refractivity contribution in [2.24, 2.45) is 0 Å². The van der Waals surface area contributed by atoms with Gasteiger partial charge in [-0.3, -0.25) is 0 Å². The van der Waals surface area contributed by atoms with Crippen molar-refractivity contribution >= 4 is 17.3 Å². The minimum Gasteiger partial charge on any atom is -0.504 e. The van der Waals surface area contributed by atoms with Gasteiger partial charge in [0.2, 0.25) is 5.82 Å². The standard InChI is InChI=1S/C14H10ClN3O3/c15-10-3-2-8(16)6-9(10)14-17-13(18-21-14)7-1-4-11(19)12(20)5-7/h1-6,19-20H,16H2. The molecule has 4 N–H and O–H groups in total. The maximum atomic E-state index is 9.49. The average Bonchev–Trinajstić information content (AvgIpc) is 2.94. The Balaban J connectivity index is 2.03.